The van der Waals surface area contributed by atoms with Crippen molar-refractivity contribution in [2.45, 2.75) is 68.3 Å². The van der Waals surface area contributed by atoms with E-state index in [4.69, 9.17) is 14.2 Å². The average Bonchev–Trinajstić information content (AvgIpc) is 3.09. The van der Waals surface area contributed by atoms with Gasteiger partial charge in [0, 0.05) is 50.5 Å². The van der Waals surface area contributed by atoms with Crippen molar-refractivity contribution in [3.05, 3.63) is 12.2 Å². The van der Waals surface area contributed by atoms with Gasteiger partial charge in [-0.2, -0.15) is 0 Å². The quantitative estimate of drug-likeness (QED) is 0.552. The lowest BCUT2D eigenvalue weighted by Crippen LogP contribution is -2.83. The number of aliphatic hydroxyl groups is 3. The number of aliphatic hydroxyl groups excluding tert-OH is 2. The maximum Gasteiger partial charge on any atom is 0.139 e. The minimum absolute atomic E-state index is 0.0108. The molecule has 0 aromatic rings. The first-order valence-electron chi connectivity index (χ1n) is 11.9. The predicted molar refractivity (Wildman–Crippen MR) is 112 cm³/mol. The van der Waals surface area contributed by atoms with Crippen LogP contribution in [0.15, 0.2) is 12.2 Å². The number of rotatable bonds is 4. The molecule has 6 aliphatic rings. The highest BCUT2D eigenvalue weighted by Crippen LogP contribution is 2.79. The molecule has 3 N–H and O–H groups in total. The highest BCUT2D eigenvalue weighted by molar-refractivity contribution is 5.44. The Morgan fingerprint density at radius 2 is 1.87 bits per heavy atom. The largest absolute Gasteiger partial charge is 0.392 e. The van der Waals surface area contributed by atoms with Crippen molar-refractivity contribution in [3.63, 3.8) is 0 Å². The number of nitrogens with zero attached hydrogens (tertiary/aromatic N) is 1. The number of ether oxygens (including phenoxy) is 3. The van der Waals surface area contributed by atoms with Crippen LogP contribution in [0.25, 0.3) is 0 Å². The van der Waals surface area contributed by atoms with Crippen molar-refractivity contribution in [3.8, 4) is 0 Å². The first kappa shape index (κ1) is 21.0. The van der Waals surface area contributed by atoms with Crippen LogP contribution in [0.1, 0.15) is 26.7 Å². The van der Waals surface area contributed by atoms with Gasteiger partial charge in [-0.25, -0.2) is 0 Å². The fourth-order valence-corrected chi connectivity index (χ4v) is 10.4. The monoisotopic (exact) mass is 435 g/mol. The van der Waals surface area contributed by atoms with Gasteiger partial charge in [0.2, 0.25) is 0 Å². The first-order valence-corrected chi connectivity index (χ1v) is 11.9. The van der Waals surface area contributed by atoms with E-state index < -0.39 is 34.9 Å². The van der Waals surface area contributed by atoms with E-state index in [9.17, 15) is 15.3 Å². The summed E-state index contributed by atoms with van der Waals surface area (Å²) in [5.74, 6) is -0.292. The predicted octanol–water partition coefficient (Wildman–Crippen LogP) is 0.421. The molecule has 0 amide bonds. The summed E-state index contributed by atoms with van der Waals surface area (Å²) in [6, 6.07) is -0.337. The zero-order valence-electron chi connectivity index (χ0n) is 19.2. The summed E-state index contributed by atoms with van der Waals surface area (Å²) in [5, 5.41) is 36.2. The Kier molecular flexibility index (Phi) is 4.15. The van der Waals surface area contributed by atoms with Crippen molar-refractivity contribution >= 4 is 0 Å². The van der Waals surface area contributed by atoms with Crippen molar-refractivity contribution in [1.82, 2.24) is 4.90 Å². The molecule has 7 bridgehead atoms. The minimum Gasteiger partial charge on any atom is -0.392 e. The van der Waals surface area contributed by atoms with Gasteiger partial charge in [0.1, 0.15) is 11.2 Å². The van der Waals surface area contributed by atoms with Gasteiger partial charge < -0.3 is 29.5 Å². The molecule has 0 aromatic carbocycles. The number of hydrogen-bond acceptors (Lipinski definition) is 7. The van der Waals surface area contributed by atoms with E-state index in [2.05, 4.69) is 24.8 Å². The second kappa shape index (κ2) is 6.12. The third-order valence-electron chi connectivity index (χ3n) is 10.8. The van der Waals surface area contributed by atoms with Gasteiger partial charge in [0.05, 0.1) is 30.5 Å². The Bertz CT molecular complexity index is 822. The first-order chi connectivity index (χ1) is 14.7. The van der Waals surface area contributed by atoms with Crippen LogP contribution in [-0.4, -0.2) is 96.3 Å². The van der Waals surface area contributed by atoms with Crippen LogP contribution < -0.4 is 0 Å². The third-order valence-corrected chi connectivity index (χ3v) is 10.8. The number of likely N-dealkylation sites (N-methyl/N-ethyl adjacent to an activating group) is 1. The van der Waals surface area contributed by atoms with Crippen LogP contribution in [0.3, 0.4) is 0 Å². The molecule has 1 unspecified atom stereocenters. The van der Waals surface area contributed by atoms with Gasteiger partial charge in [-0.3, -0.25) is 4.90 Å². The lowest BCUT2D eigenvalue weighted by Gasteiger charge is -2.69. The second-order valence-corrected chi connectivity index (χ2v) is 11.3. The molecule has 13 atom stereocenters. The molecule has 174 valence electrons. The van der Waals surface area contributed by atoms with E-state index >= 15 is 0 Å². The van der Waals surface area contributed by atoms with E-state index in [0.717, 1.165) is 19.5 Å². The molecule has 5 aliphatic carbocycles. The van der Waals surface area contributed by atoms with Crippen molar-refractivity contribution < 1.29 is 29.5 Å². The zero-order chi connectivity index (χ0) is 22.1. The lowest BCUT2D eigenvalue weighted by atomic mass is 9.44. The molecule has 31 heavy (non-hydrogen) atoms. The van der Waals surface area contributed by atoms with Gasteiger partial charge in [0.25, 0.3) is 0 Å². The molecule has 6 rings (SSSR count). The van der Waals surface area contributed by atoms with Crippen LogP contribution in [0.2, 0.25) is 0 Å². The number of piperidine rings is 1. The number of fused-ring (bicyclic) bond motifs is 2. The molecule has 4 saturated carbocycles. The van der Waals surface area contributed by atoms with Gasteiger partial charge in [-0.05, 0) is 31.2 Å². The second-order valence-electron chi connectivity index (χ2n) is 11.3. The smallest absolute Gasteiger partial charge is 0.139 e. The van der Waals surface area contributed by atoms with Crippen LogP contribution in [-0.2, 0) is 14.2 Å². The van der Waals surface area contributed by atoms with Crippen LogP contribution >= 0.6 is 0 Å². The van der Waals surface area contributed by atoms with Gasteiger partial charge >= 0.3 is 0 Å². The molecular formula is C24H37NO6. The fourth-order valence-electron chi connectivity index (χ4n) is 10.4. The summed E-state index contributed by atoms with van der Waals surface area (Å²) in [7, 11) is 5.00. The molecule has 1 spiro atoms. The molecular weight excluding hydrogens is 398 g/mol. The molecule has 5 fully saturated rings. The van der Waals surface area contributed by atoms with Crippen molar-refractivity contribution in [2.75, 3.05) is 34.4 Å². The Morgan fingerprint density at radius 1 is 1.13 bits per heavy atom. The molecule has 0 radical (unpaired) electrons. The Balaban J connectivity index is 1.73. The van der Waals surface area contributed by atoms with E-state index in [0.29, 0.717) is 6.42 Å². The van der Waals surface area contributed by atoms with E-state index in [1.54, 1.807) is 21.3 Å². The topological polar surface area (TPSA) is 91.6 Å². The maximum absolute atomic E-state index is 13.0. The van der Waals surface area contributed by atoms with Crippen LogP contribution in [0, 0.1) is 34.5 Å². The summed E-state index contributed by atoms with van der Waals surface area (Å²) in [4.78, 5) is 2.35. The zero-order valence-corrected chi connectivity index (χ0v) is 19.2. The normalized spacial score (nSPS) is 63.5. The van der Waals surface area contributed by atoms with Crippen molar-refractivity contribution in [2.24, 2.45) is 34.5 Å². The molecule has 1 aliphatic heterocycles. The molecule has 7 nitrogen and oxygen atoms in total. The summed E-state index contributed by atoms with van der Waals surface area (Å²) < 4.78 is 18.6. The molecule has 1 saturated heterocycles. The highest BCUT2D eigenvalue weighted by atomic mass is 16.6. The summed E-state index contributed by atoms with van der Waals surface area (Å²) >= 11 is 0. The highest BCUT2D eigenvalue weighted by Gasteiger charge is 2.91. The Hall–Kier alpha value is -0.540. The maximum atomic E-state index is 13.0. The number of hydrogen-bond donors (Lipinski definition) is 3. The summed E-state index contributed by atoms with van der Waals surface area (Å²) in [5.41, 5.74) is -3.39. The van der Waals surface area contributed by atoms with Crippen LogP contribution in [0.5, 0.6) is 0 Å². The van der Waals surface area contributed by atoms with Gasteiger partial charge in [-0.1, -0.05) is 26.0 Å². The average molecular weight is 436 g/mol. The van der Waals surface area contributed by atoms with E-state index in [1.807, 2.05) is 6.08 Å². The standard InChI is InChI=1S/C24H37NO6/c1-6-25-11-21(2)8-7-14(26)22-13-9-12-10-15(29-3)24(31-5,16(13)17(12)27)23(28,20(22)25)19(30-4)18(21)22/h7-8,12-20,26-28H,6,9-11H2,1-5H3/t12-,13-,14+,15-,16-,17+,18-,19+,20?,21+,22+,23+,24-/m1/s1. The SMILES string of the molecule is CCN1C[C@]2(C)C=C[C@H](O)[C@]34C1[C@@](O)([C@@H](OC)[C@@H]32)[C@]1(OC)[C@H]2[C@@H](O)[C@H](C[C@H]24)C[C@H]1OC. The molecule has 0 aromatic heterocycles. The fraction of sp³-hybridized carbons (Fsp3) is 0.917. The summed E-state index contributed by atoms with van der Waals surface area (Å²) in [6.07, 6.45) is 3.38. The Morgan fingerprint density at radius 3 is 2.48 bits per heavy atom. The minimum atomic E-state index is -1.43. The third kappa shape index (κ3) is 1.82. The number of methoxy groups -OCH3 is 3. The van der Waals surface area contributed by atoms with Crippen molar-refractivity contribution in [1.29, 1.82) is 0 Å². The van der Waals surface area contributed by atoms with E-state index in [-0.39, 0.29) is 41.2 Å². The molecule has 1 heterocycles. The summed E-state index contributed by atoms with van der Waals surface area (Å²) in [6.45, 7) is 5.92. The van der Waals surface area contributed by atoms with Gasteiger partial charge in [0.15, 0.2) is 0 Å². The van der Waals surface area contributed by atoms with Crippen LogP contribution in [0.4, 0.5) is 0 Å². The lowest BCUT2D eigenvalue weighted by molar-refractivity contribution is -0.336. The van der Waals surface area contributed by atoms with E-state index in [1.165, 1.54) is 0 Å². The van der Waals surface area contributed by atoms with Gasteiger partial charge in [-0.15, -0.1) is 0 Å². The molecule has 7 heteroatoms. The number of likely N-dealkylation sites (tertiary alicyclic amines) is 1. The Labute approximate surface area is 184 Å².